The van der Waals surface area contributed by atoms with Gasteiger partial charge in [0.05, 0.1) is 0 Å². The molecule has 3 heterocycles. The molecule has 1 N–H and O–H groups in total. The number of benzene rings is 2. The van der Waals surface area contributed by atoms with Gasteiger partial charge in [0.25, 0.3) is 0 Å². The van der Waals surface area contributed by atoms with Crippen LogP contribution in [-0.2, 0) is 0 Å². The van der Waals surface area contributed by atoms with Crippen LogP contribution in [0.5, 0.6) is 0 Å². The van der Waals surface area contributed by atoms with Crippen molar-refractivity contribution in [1.82, 2.24) is 15.1 Å². The quantitative estimate of drug-likeness (QED) is 0.396. The molecule has 3 aliphatic heterocycles. The van der Waals surface area contributed by atoms with Gasteiger partial charge in [-0.2, -0.15) is 0 Å². The molecule has 2 aromatic carbocycles. The zero-order valence-electron chi connectivity index (χ0n) is 19.2. The molecule has 0 aliphatic carbocycles. The molecule has 0 amide bonds. The molecule has 3 aliphatic rings. The van der Waals surface area contributed by atoms with Gasteiger partial charge in [0.15, 0.2) is 6.30 Å². The summed E-state index contributed by atoms with van der Waals surface area (Å²) in [5.74, 6) is 0.0354. The normalized spacial score (nSPS) is 24.3. The fourth-order valence-electron chi connectivity index (χ4n) is 5.54. The number of rotatable bonds is 6. The maximum atomic E-state index is 15.3. The molecule has 5 rings (SSSR count). The van der Waals surface area contributed by atoms with E-state index in [1.165, 1.54) is 17.7 Å². The summed E-state index contributed by atoms with van der Waals surface area (Å²) in [6.45, 7) is 7.06. The Balaban J connectivity index is 0.00000136. The summed E-state index contributed by atoms with van der Waals surface area (Å²) in [7, 11) is 0. The van der Waals surface area contributed by atoms with Crippen LogP contribution in [0.1, 0.15) is 30.7 Å². The third-order valence-corrected chi connectivity index (χ3v) is 7.14. The number of piperazine rings is 1. The number of nitrogens with zero attached hydrogens (tertiary/aromatic N) is 3. The van der Waals surface area contributed by atoms with E-state index < -0.39 is 6.30 Å². The van der Waals surface area contributed by atoms with E-state index in [-0.39, 0.29) is 55.0 Å². The second-order valence-corrected chi connectivity index (χ2v) is 9.04. The fraction of sp³-hybridized carbons (Fsp3) is 0.520. The third-order valence-electron chi connectivity index (χ3n) is 7.14. The second kappa shape index (κ2) is 13.2. The van der Waals surface area contributed by atoms with E-state index in [0.29, 0.717) is 6.42 Å². The molecule has 3 atom stereocenters. The van der Waals surface area contributed by atoms with E-state index in [4.69, 9.17) is 0 Å². The van der Waals surface area contributed by atoms with Crippen molar-refractivity contribution in [1.29, 1.82) is 0 Å². The van der Waals surface area contributed by atoms with Crippen LogP contribution in [0.2, 0.25) is 0 Å². The molecule has 0 spiro atoms. The molecule has 0 bridgehead atoms. The summed E-state index contributed by atoms with van der Waals surface area (Å²) in [6, 6.07) is 15.1. The zero-order valence-corrected chi connectivity index (χ0v) is 21.7. The summed E-state index contributed by atoms with van der Waals surface area (Å²) < 4.78 is 28.8. The van der Waals surface area contributed by atoms with E-state index in [2.05, 4.69) is 33.3 Å². The number of hydrogen-bond acceptors (Lipinski definition) is 4. The van der Waals surface area contributed by atoms with Crippen LogP contribution >= 0.6 is 37.2 Å². The predicted molar refractivity (Wildman–Crippen MR) is 143 cm³/mol. The molecule has 0 radical (unpaired) electrons. The van der Waals surface area contributed by atoms with E-state index in [1.807, 2.05) is 23.1 Å². The first-order valence-electron chi connectivity index (χ1n) is 11.7. The van der Waals surface area contributed by atoms with Gasteiger partial charge in [-0.1, -0.05) is 18.2 Å². The number of anilines is 2. The summed E-state index contributed by atoms with van der Waals surface area (Å²) in [5, 5.41) is 3.39. The van der Waals surface area contributed by atoms with Crippen LogP contribution in [0.3, 0.4) is 0 Å². The highest BCUT2D eigenvalue weighted by molar-refractivity contribution is 5.86. The summed E-state index contributed by atoms with van der Waals surface area (Å²) in [5.41, 5.74) is 3.37. The van der Waals surface area contributed by atoms with Crippen molar-refractivity contribution < 1.29 is 8.78 Å². The highest BCUT2D eigenvalue weighted by atomic mass is 35.5. The lowest BCUT2D eigenvalue weighted by Crippen LogP contribution is -2.49. The van der Waals surface area contributed by atoms with Gasteiger partial charge in [-0.25, -0.2) is 8.78 Å². The number of piperidine rings is 1. The van der Waals surface area contributed by atoms with Crippen molar-refractivity contribution in [3.63, 3.8) is 0 Å². The smallest absolute Gasteiger partial charge is 0.155 e. The predicted octanol–water partition coefficient (Wildman–Crippen LogP) is 5.38. The van der Waals surface area contributed by atoms with Crippen LogP contribution in [0, 0.1) is 5.82 Å². The average Bonchev–Trinajstić information content (AvgIpc) is 3.11. The van der Waals surface area contributed by atoms with Gasteiger partial charge in [-0.05, 0) is 55.3 Å². The van der Waals surface area contributed by atoms with Crippen LogP contribution in [-0.4, -0.2) is 68.0 Å². The molecule has 2 aromatic rings. The number of likely N-dealkylation sites (tertiary alicyclic amines) is 1. The monoisotopic (exact) mass is 534 g/mol. The summed E-state index contributed by atoms with van der Waals surface area (Å²) >= 11 is 0. The first-order valence-corrected chi connectivity index (χ1v) is 11.7. The highest BCUT2D eigenvalue weighted by Gasteiger charge is 2.45. The molecular weight excluding hydrogens is 501 g/mol. The first kappa shape index (κ1) is 29.1. The third kappa shape index (κ3) is 6.15. The van der Waals surface area contributed by atoms with E-state index >= 15 is 4.39 Å². The lowest BCUT2D eigenvalue weighted by atomic mass is 9.88. The van der Waals surface area contributed by atoms with Crippen molar-refractivity contribution in [2.45, 2.75) is 37.5 Å². The first-order chi connectivity index (χ1) is 15.2. The maximum Gasteiger partial charge on any atom is 0.155 e. The Morgan fingerprint density at radius 1 is 0.882 bits per heavy atom. The summed E-state index contributed by atoms with van der Waals surface area (Å²) in [4.78, 5) is 6.78. The van der Waals surface area contributed by atoms with Gasteiger partial charge < -0.3 is 15.1 Å². The van der Waals surface area contributed by atoms with Gasteiger partial charge in [0, 0.05) is 69.0 Å². The second-order valence-electron chi connectivity index (χ2n) is 9.04. The number of hydrogen-bond donors (Lipinski definition) is 1. The Bertz CT molecular complexity index is 883. The Morgan fingerprint density at radius 3 is 2.29 bits per heavy atom. The SMILES string of the molecule is Cl.Cl.Cl.Fc1ccc(N2c3ccccc3[C@@H]3CN(CCCCN4CCNCC4)C(F)C[C@H]32)cc1. The molecule has 2 saturated heterocycles. The van der Waals surface area contributed by atoms with E-state index in [9.17, 15) is 4.39 Å². The minimum absolute atomic E-state index is 0. The zero-order chi connectivity index (χ0) is 21.2. The molecule has 0 saturated carbocycles. The molecule has 2 fully saturated rings. The Labute approximate surface area is 220 Å². The van der Waals surface area contributed by atoms with Gasteiger partial charge in [-0.3, -0.25) is 4.90 Å². The van der Waals surface area contributed by atoms with Crippen LogP contribution in [0.15, 0.2) is 48.5 Å². The molecule has 1 unspecified atom stereocenters. The Morgan fingerprint density at radius 2 is 1.56 bits per heavy atom. The van der Waals surface area contributed by atoms with Gasteiger partial charge in [-0.15, -0.1) is 37.2 Å². The maximum absolute atomic E-state index is 15.3. The number of para-hydroxylation sites is 1. The standard InChI is InChI=1S/C25H32F2N4.3ClH/c26-19-7-9-20(10-8-19)31-23-6-2-1-5-21(23)22-18-30(25(27)17-24(22)31)14-4-3-13-29-15-11-28-12-16-29;;;/h1-2,5-10,22,24-25,28H,3-4,11-18H2;3*1H/t22-,24+,25?;;;/m0.../s1. The number of nitrogens with one attached hydrogen (secondary N) is 1. The van der Waals surface area contributed by atoms with Gasteiger partial charge >= 0.3 is 0 Å². The largest absolute Gasteiger partial charge is 0.337 e. The minimum atomic E-state index is -0.933. The average molecular weight is 536 g/mol. The number of halogens is 5. The van der Waals surface area contributed by atoms with Gasteiger partial charge in [0.2, 0.25) is 0 Å². The fourth-order valence-corrected chi connectivity index (χ4v) is 5.54. The topological polar surface area (TPSA) is 21.8 Å². The van der Waals surface area contributed by atoms with Crippen LogP contribution in [0.25, 0.3) is 0 Å². The molecule has 4 nitrogen and oxygen atoms in total. The Hall–Kier alpha value is -1.15. The van der Waals surface area contributed by atoms with Crippen molar-refractivity contribution in [3.8, 4) is 0 Å². The Kier molecular flexibility index (Phi) is 11.3. The van der Waals surface area contributed by atoms with E-state index in [1.54, 1.807) is 0 Å². The van der Waals surface area contributed by atoms with Crippen LogP contribution in [0.4, 0.5) is 20.2 Å². The number of unbranched alkanes of at least 4 members (excludes halogenated alkanes) is 1. The van der Waals surface area contributed by atoms with Crippen molar-refractivity contribution >= 4 is 48.6 Å². The highest BCUT2D eigenvalue weighted by Crippen LogP contribution is 2.49. The molecule has 9 heteroatoms. The number of fused-ring (bicyclic) bond motifs is 3. The van der Waals surface area contributed by atoms with Gasteiger partial charge in [0.1, 0.15) is 5.82 Å². The molecule has 190 valence electrons. The van der Waals surface area contributed by atoms with Crippen molar-refractivity contribution in [2.24, 2.45) is 0 Å². The van der Waals surface area contributed by atoms with Crippen LogP contribution < -0.4 is 10.2 Å². The van der Waals surface area contributed by atoms with Crippen molar-refractivity contribution in [2.75, 3.05) is 50.7 Å². The molecule has 34 heavy (non-hydrogen) atoms. The van der Waals surface area contributed by atoms with Crippen molar-refractivity contribution in [3.05, 3.63) is 59.9 Å². The minimum Gasteiger partial charge on any atom is -0.337 e. The lowest BCUT2D eigenvalue weighted by Gasteiger charge is -2.41. The van der Waals surface area contributed by atoms with E-state index in [0.717, 1.165) is 70.0 Å². The summed E-state index contributed by atoms with van der Waals surface area (Å²) in [6.07, 6.45) is 1.70. The molecular formula is C25H35Cl3F2N4. The lowest BCUT2D eigenvalue weighted by molar-refractivity contribution is 0.0289. The number of alkyl halides is 1. The molecule has 0 aromatic heterocycles.